The molecular formula is C30H23N3. The Morgan fingerprint density at radius 1 is 0.848 bits per heavy atom. The Hall–Kier alpha value is -4.34. The minimum absolute atomic E-state index is 0.197. The van der Waals surface area contributed by atoms with Crippen LogP contribution in [0.2, 0.25) is 0 Å². The molecule has 0 aliphatic heterocycles. The van der Waals surface area contributed by atoms with E-state index in [4.69, 9.17) is 0 Å². The molecule has 3 nitrogen and oxygen atoms in total. The minimum atomic E-state index is 0.197. The number of allylic oxidation sites excluding steroid dienone is 2. The van der Waals surface area contributed by atoms with E-state index in [0.717, 1.165) is 44.3 Å². The van der Waals surface area contributed by atoms with E-state index < -0.39 is 0 Å². The molecule has 0 spiro atoms. The van der Waals surface area contributed by atoms with Crippen LogP contribution in [-0.2, 0) is 6.42 Å². The summed E-state index contributed by atoms with van der Waals surface area (Å²) in [4.78, 5) is 2.08. The van der Waals surface area contributed by atoms with Crippen molar-refractivity contribution in [3.05, 3.63) is 94.1 Å². The van der Waals surface area contributed by atoms with Gasteiger partial charge in [0.2, 0.25) is 0 Å². The second-order valence-corrected chi connectivity index (χ2v) is 8.78. The molecule has 1 aliphatic carbocycles. The van der Waals surface area contributed by atoms with Crippen molar-refractivity contribution in [1.82, 2.24) is 0 Å². The normalized spacial score (nSPS) is 12.3. The second kappa shape index (κ2) is 7.97. The Bertz CT molecular complexity index is 1550. The molecule has 4 aromatic rings. The monoisotopic (exact) mass is 425 g/mol. The molecule has 5 rings (SSSR count). The van der Waals surface area contributed by atoms with E-state index in [0.29, 0.717) is 6.42 Å². The Balaban J connectivity index is 1.74. The molecule has 0 unspecified atom stereocenters. The van der Waals surface area contributed by atoms with Crippen LogP contribution in [0.4, 0.5) is 5.69 Å². The molecule has 1 aliphatic rings. The number of benzene rings is 4. The maximum absolute atomic E-state index is 9.68. The highest BCUT2D eigenvalue weighted by Gasteiger charge is 2.23. The van der Waals surface area contributed by atoms with Crippen LogP contribution < -0.4 is 4.90 Å². The van der Waals surface area contributed by atoms with Gasteiger partial charge in [0.1, 0.15) is 17.7 Å². The number of hydrogen-bond acceptors (Lipinski definition) is 3. The molecule has 0 radical (unpaired) electrons. The highest BCUT2D eigenvalue weighted by Crippen LogP contribution is 2.43. The van der Waals surface area contributed by atoms with Gasteiger partial charge in [-0.2, -0.15) is 10.5 Å². The summed E-state index contributed by atoms with van der Waals surface area (Å²) in [7, 11) is 4.07. The van der Waals surface area contributed by atoms with Crippen molar-refractivity contribution in [2.24, 2.45) is 0 Å². The van der Waals surface area contributed by atoms with Gasteiger partial charge in [-0.25, -0.2) is 0 Å². The number of aryl methyl sites for hydroxylation is 1. The molecule has 33 heavy (non-hydrogen) atoms. The van der Waals surface area contributed by atoms with E-state index in [9.17, 15) is 10.5 Å². The van der Waals surface area contributed by atoms with E-state index in [1.165, 1.54) is 16.3 Å². The summed E-state index contributed by atoms with van der Waals surface area (Å²) < 4.78 is 0. The Labute approximate surface area is 194 Å². The lowest BCUT2D eigenvalue weighted by atomic mass is 9.79. The zero-order valence-electron chi connectivity index (χ0n) is 19.0. The number of rotatable bonds is 3. The summed E-state index contributed by atoms with van der Waals surface area (Å²) in [6.45, 7) is 2.06. The van der Waals surface area contributed by atoms with E-state index in [-0.39, 0.29) is 5.57 Å². The van der Waals surface area contributed by atoms with E-state index in [2.05, 4.69) is 96.8 Å². The Morgan fingerprint density at radius 2 is 1.55 bits per heavy atom. The Kier molecular flexibility index (Phi) is 4.97. The van der Waals surface area contributed by atoms with Crippen LogP contribution >= 0.6 is 0 Å². The van der Waals surface area contributed by atoms with Crippen molar-refractivity contribution in [3.8, 4) is 12.1 Å². The first-order valence-electron chi connectivity index (χ1n) is 11.0. The number of anilines is 1. The van der Waals surface area contributed by atoms with Crippen molar-refractivity contribution < 1.29 is 0 Å². The zero-order valence-corrected chi connectivity index (χ0v) is 19.0. The molecule has 0 N–H and O–H groups in total. The third kappa shape index (κ3) is 3.45. The van der Waals surface area contributed by atoms with Gasteiger partial charge in [-0.05, 0) is 74.0 Å². The first kappa shape index (κ1) is 20.6. The molecule has 4 aromatic carbocycles. The van der Waals surface area contributed by atoms with Gasteiger partial charge in [0.05, 0.1) is 0 Å². The first-order valence-corrected chi connectivity index (χ1v) is 11.0. The fraction of sp³-hybridized carbons (Fsp3) is 0.133. The number of nitrogens with zero attached hydrogens (tertiary/aromatic N) is 3. The highest BCUT2D eigenvalue weighted by atomic mass is 15.1. The quantitative estimate of drug-likeness (QED) is 0.204. The Morgan fingerprint density at radius 3 is 2.24 bits per heavy atom. The summed E-state index contributed by atoms with van der Waals surface area (Å²) in [6.07, 6.45) is 4.84. The largest absolute Gasteiger partial charge is 0.378 e. The lowest BCUT2D eigenvalue weighted by molar-refractivity contribution is 1.13. The van der Waals surface area contributed by atoms with Gasteiger partial charge in [0, 0.05) is 26.2 Å². The molecular weight excluding hydrogens is 402 g/mol. The van der Waals surface area contributed by atoms with Gasteiger partial charge >= 0.3 is 0 Å². The minimum Gasteiger partial charge on any atom is -0.378 e. The van der Waals surface area contributed by atoms with Gasteiger partial charge < -0.3 is 4.90 Å². The maximum Gasteiger partial charge on any atom is 0.133 e. The molecule has 3 heteroatoms. The van der Waals surface area contributed by atoms with Gasteiger partial charge in [-0.15, -0.1) is 0 Å². The molecule has 0 bridgehead atoms. The van der Waals surface area contributed by atoms with E-state index >= 15 is 0 Å². The van der Waals surface area contributed by atoms with Crippen molar-refractivity contribution >= 4 is 45.0 Å². The van der Waals surface area contributed by atoms with Crippen molar-refractivity contribution in [1.29, 1.82) is 10.5 Å². The smallest absolute Gasteiger partial charge is 0.133 e. The topological polar surface area (TPSA) is 50.8 Å². The average Bonchev–Trinajstić information content (AvgIpc) is 2.82. The number of hydrogen-bond donors (Lipinski definition) is 0. The van der Waals surface area contributed by atoms with Crippen LogP contribution in [0.1, 0.15) is 27.8 Å². The summed E-state index contributed by atoms with van der Waals surface area (Å²) in [6, 6.07) is 25.6. The predicted octanol–water partition coefficient (Wildman–Crippen LogP) is 6.89. The molecule has 0 fully saturated rings. The fourth-order valence-corrected chi connectivity index (χ4v) is 4.83. The van der Waals surface area contributed by atoms with Crippen LogP contribution in [0.15, 0.2) is 66.2 Å². The lowest BCUT2D eigenvalue weighted by Gasteiger charge is -2.23. The van der Waals surface area contributed by atoms with Crippen LogP contribution in [0.5, 0.6) is 0 Å². The number of nitriles is 2. The SMILES string of the molecule is Cc1cc2c3c(ccc4ccc(C=Cc5ccc(N(C)C)cc5)c(c43)CC2=C(C#N)C#N)c1. The molecule has 0 saturated carbocycles. The van der Waals surface area contributed by atoms with E-state index in [1.807, 2.05) is 14.1 Å². The molecule has 158 valence electrons. The van der Waals surface area contributed by atoms with Crippen LogP contribution in [-0.4, -0.2) is 14.1 Å². The average molecular weight is 426 g/mol. The molecule has 0 amide bonds. The van der Waals surface area contributed by atoms with Crippen LogP contribution in [0.3, 0.4) is 0 Å². The lowest BCUT2D eigenvalue weighted by Crippen LogP contribution is -2.07. The van der Waals surface area contributed by atoms with Crippen molar-refractivity contribution in [2.75, 3.05) is 19.0 Å². The van der Waals surface area contributed by atoms with Gasteiger partial charge in [-0.3, -0.25) is 0 Å². The molecule has 0 heterocycles. The zero-order chi connectivity index (χ0) is 23.1. The fourth-order valence-electron chi connectivity index (χ4n) is 4.83. The highest BCUT2D eigenvalue weighted by molar-refractivity contribution is 6.17. The van der Waals surface area contributed by atoms with Crippen molar-refractivity contribution in [2.45, 2.75) is 13.3 Å². The van der Waals surface area contributed by atoms with Crippen LogP contribution in [0.25, 0.3) is 39.3 Å². The second-order valence-electron chi connectivity index (χ2n) is 8.78. The van der Waals surface area contributed by atoms with Gasteiger partial charge in [0.15, 0.2) is 0 Å². The summed E-state index contributed by atoms with van der Waals surface area (Å²) in [5, 5.41) is 24.1. The van der Waals surface area contributed by atoms with Crippen molar-refractivity contribution in [3.63, 3.8) is 0 Å². The summed E-state index contributed by atoms with van der Waals surface area (Å²) in [5.74, 6) is 0. The maximum atomic E-state index is 9.68. The summed E-state index contributed by atoms with van der Waals surface area (Å²) in [5.41, 5.74) is 7.75. The summed E-state index contributed by atoms with van der Waals surface area (Å²) >= 11 is 0. The third-order valence-electron chi connectivity index (χ3n) is 6.46. The molecule has 0 saturated heterocycles. The molecule has 0 atom stereocenters. The van der Waals surface area contributed by atoms with Gasteiger partial charge in [0.25, 0.3) is 0 Å². The predicted molar refractivity (Wildman–Crippen MR) is 138 cm³/mol. The van der Waals surface area contributed by atoms with E-state index in [1.54, 1.807) is 0 Å². The molecule has 0 aromatic heterocycles. The van der Waals surface area contributed by atoms with Gasteiger partial charge in [-0.1, -0.05) is 60.7 Å². The standard InChI is InChI=1S/C30H23N3/c1-19-14-23-11-10-22-9-8-21(7-4-20-5-12-25(13-6-20)33(2)3)27-16-26(24(17-31)18-32)28(15-19)30(23)29(22)27/h4-15H,16H2,1-3H3. The first-order chi connectivity index (χ1) is 16.0. The third-order valence-corrected chi connectivity index (χ3v) is 6.46. The van der Waals surface area contributed by atoms with Crippen LogP contribution in [0, 0.1) is 29.6 Å².